The van der Waals surface area contributed by atoms with Crippen LogP contribution in [0, 0.1) is 0 Å². The molecule has 0 amide bonds. The molecular formula is C10H10BrP. The molecule has 0 aliphatic rings. The van der Waals surface area contributed by atoms with Crippen molar-refractivity contribution in [3.05, 3.63) is 34.0 Å². The number of fused-ring (bicyclic) bond motifs is 1. The van der Waals surface area contributed by atoms with E-state index in [0.29, 0.717) is 0 Å². The highest BCUT2D eigenvalue weighted by Crippen LogP contribution is 2.33. The van der Waals surface area contributed by atoms with E-state index in [0.717, 1.165) is 14.6 Å². The third kappa shape index (κ3) is 1.22. The number of benzene rings is 1. The van der Waals surface area contributed by atoms with Crippen molar-refractivity contribution in [3.63, 3.8) is 0 Å². The van der Waals surface area contributed by atoms with Gasteiger partial charge in [0.1, 0.15) is 0 Å². The fourth-order valence-electron chi connectivity index (χ4n) is 1.41. The molecule has 0 fully saturated rings. The lowest BCUT2D eigenvalue weighted by Gasteiger charge is -2.01. The first-order valence-electron chi connectivity index (χ1n) is 4.07. The summed E-state index contributed by atoms with van der Waals surface area (Å²) in [6.45, 7) is 2.19. The van der Waals surface area contributed by atoms with Gasteiger partial charge in [0.2, 0.25) is 0 Å². The monoisotopic (exact) mass is 240 g/mol. The number of hydrogen-bond acceptors (Lipinski definition) is 0. The molecule has 1 aromatic heterocycles. The van der Waals surface area contributed by atoms with Crippen LogP contribution in [-0.4, -0.2) is 0 Å². The zero-order valence-corrected chi connectivity index (χ0v) is 9.48. The Balaban J connectivity index is 2.78. The molecule has 1 unspecified atom stereocenters. The van der Waals surface area contributed by atoms with E-state index in [4.69, 9.17) is 0 Å². The van der Waals surface area contributed by atoms with E-state index in [2.05, 4.69) is 46.9 Å². The molecule has 1 aromatic carbocycles. The second-order valence-corrected chi connectivity index (χ2v) is 4.78. The number of halogens is 1. The topological polar surface area (TPSA) is 0 Å². The van der Waals surface area contributed by atoms with Gasteiger partial charge in [0, 0.05) is 9.86 Å². The van der Waals surface area contributed by atoms with Gasteiger partial charge in [-0.3, -0.25) is 0 Å². The van der Waals surface area contributed by atoms with Gasteiger partial charge in [-0.2, -0.15) is 0 Å². The minimum absolute atomic E-state index is 0.863. The average molecular weight is 241 g/mol. The van der Waals surface area contributed by atoms with Crippen molar-refractivity contribution in [1.29, 1.82) is 0 Å². The van der Waals surface area contributed by atoms with Crippen molar-refractivity contribution in [1.82, 2.24) is 0 Å². The van der Waals surface area contributed by atoms with Gasteiger partial charge in [0.25, 0.3) is 0 Å². The molecule has 0 bridgehead atoms. The highest BCUT2D eigenvalue weighted by atomic mass is 79.9. The molecular weight excluding hydrogens is 231 g/mol. The second-order valence-electron chi connectivity index (χ2n) is 2.83. The molecule has 0 N–H and O–H groups in total. The summed E-state index contributed by atoms with van der Waals surface area (Å²) in [6, 6.07) is 6.69. The predicted molar refractivity (Wildman–Crippen MR) is 60.5 cm³/mol. The molecule has 1 atom stereocenters. The summed E-state index contributed by atoms with van der Waals surface area (Å²) in [6.07, 6.45) is 1.10. The van der Waals surface area contributed by atoms with E-state index < -0.39 is 0 Å². The van der Waals surface area contributed by atoms with Crippen LogP contribution in [0.5, 0.6) is 0 Å². The third-order valence-corrected chi connectivity index (χ3v) is 4.15. The van der Waals surface area contributed by atoms with Gasteiger partial charge in [-0.25, -0.2) is 0 Å². The quantitative estimate of drug-likeness (QED) is 0.701. The van der Waals surface area contributed by atoms with Gasteiger partial charge < -0.3 is 0 Å². The van der Waals surface area contributed by atoms with Crippen molar-refractivity contribution >= 4 is 34.6 Å². The van der Waals surface area contributed by atoms with Gasteiger partial charge in [-0.1, -0.05) is 19.1 Å². The van der Waals surface area contributed by atoms with Gasteiger partial charge in [0.05, 0.1) is 0 Å². The minimum atomic E-state index is 0.863. The summed E-state index contributed by atoms with van der Waals surface area (Å²) in [5.74, 6) is 2.24. The van der Waals surface area contributed by atoms with Crippen LogP contribution in [0.25, 0.3) is 10.5 Å². The molecule has 0 radical (unpaired) electrons. The maximum absolute atomic E-state index is 3.65. The molecule has 0 aliphatic heterocycles. The average Bonchev–Trinajstić information content (AvgIpc) is 2.53. The van der Waals surface area contributed by atoms with Gasteiger partial charge in [-0.15, -0.1) is 8.19 Å². The van der Waals surface area contributed by atoms with Crippen molar-refractivity contribution in [2.75, 3.05) is 0 Å². The molecule has 12 heavy (non-hydrogen) atoms. The van der Waals surface area contributed by atoms with E-state index in [-0.39, 0.29) is 0 Å². The molecule has 2 heteroatoms. The molecule has 0 saturated carbocycles. The summed E-state index contributed by atoms with van der Waals surface area (Å²) in [4.78, 5) is 0. The largest absolute Gasteiger partial charge is 0.132 e. The zero-order chi connectivity index (χ0) is 8.55. The minimum Gasteiger partial charge on any atom is -0.132 e. The number of rotatable bonds is 1. The fourth-order valence-corrected chi connectivity index (χ4v) is 3.33. The van der Waals surface area contributed by atoms with Crippen LogP contribution in [0.15, 0.2) is 28.5 Å². The van der Waals surface area contributed by atoms with Crippen molar-refractivity contribution in [3.8, 4) is 0 Å². The number of aryl methyl sites for hydroxylation is 1. The highest BCUT2D eigenvalue weighted by Gasteiger charge is 2.02. The lowest BCUT2D eigenvalue weighted by atomic mass is 10.1. The Kier molecular flexibility index (Phi) is 2.25. The van der Waals surface area contributed by atoms with Crippen molar-refractivity contribution in [2.45, 2.75) is 13.3 Å². The van der Waals surface area contributed by atoms with Gasteiger partial charge >= 0.3 is 0 Å². The zero-order valence-electron chi connectivity index (χ0n) is 6.89. The summed E-state index contributed by atoms with van der Waals surface area (Å²) in [5.41, 5.74) is 1.41. The maximum atomic E-state index is 3.65. The number of hydrogen-bond donors (Lipinski definition) is 0. The first kappa shape index (κ1) is 8.34. The van der Waals surface area contributed by atoms with Crippen LogP contribution in [0.2, 0.25) is 0 Å². The smallest absolute Gasteiger partial charge is 0.0288 e. The summed E-state index contributed by atoms with van der Waals surface area (Å²) in [5, 5.41) is 2.87. The normalized spacial score (nSPS) is 11.5. The Morgan fingerprint density at radius 3 is 2.92 bits per heavy atom. The van der Waals surface area contributed by atoms with Crippen molar-refractivity contribution in [2.24, 2.45) is 0 Å². The van der Waals surface area contributed by atoms with Gasteiger partial charge in [0.15, 0.2) is 0 Å². The van der Waals surface area contributed by atoms with E-state index in [1.807, 2.05) is 0 Å². The lowest BCUT2D eigenvalue weighted by molar-refractivity contribution is 1.14. The summed E-state index contributed by atoms with van der Waals surface area (Å²) in [7, 11) is 0.863. The molecule has 0 saturated heterocycles. The second kappa shape index (κ2) is 3.24. The third-order valence-electron chi connectivity index (χ3n) is 2.13. The molecule has 2 rings (SSSR count). The van der Waals surface area contributed by atoms with Crippen LogP contribution in [-0.2, 0) is 6.42 Å². The first-order valence-corrected chi connectivity index (χ1v) is 5.94. The predicted octanol–water partition coefficient (Wildman–Crippen LogP) is 4.20. The SMILES string of the molecule is CCc1ccc2[pH]ccc2c1Br. The fraction of sp³-hybridized carbons (Fsp3) is 0.200. The van der Waals surface area contributed by atoms with E-state index >= 15 is 0 Å². The highest BCUT2D eigenvalue weighted by molar-refractivity contribution is 9.10. The molecule has 62 valence electrons. The Bertz CT molecular complexity index is 403. The van der Waals surface area contributed by atoms with Crippen LogP contribution in [0.1, 0.15) is 12.5 Å². The van der Waals surface area contributed by atoms with Crippen LogP contribution >= 0.6 is 24.1 Å². The van der Waals surface area contributed by atoms with Crippen LogP contribution in [0.4, 0.5) is 0 Å². The van der Waals surface area contributed by atoms with E-state index in [1.165, 1.54) is 20.5 Å². The Labute approximate surface area is 82.2 Å². The van der Waals surface area contributed by atoms with E-state index in [1.54, 1.807) is 0 Å². The van der Waals surface area contributed by atoms with Crippen molar-refractivity contribution < 1.29 is 0 Å². The lowest BCUT2D eigenvalue weighted by Crippen LogP contribution is -1.80. The van der Waals surface area contributed by atoms with Crippen LogP contribution < -0.4 is 0 Å². The summed E-state index contributed by atoms with van der Waals surface area (Å²) < 4.78 is 1.30. The molecule has 0 nitrogen and oxygen atoms in total. The van der Waals surface area contributed by atoms with E-state index in [9.17, 15) is 0 Å². The molecule has 0 aliphatic carbocycles. The van der Waals surface area contributed by atoms with Gasteiger partial charge in [-0.05, 0) is 44.9 Å². The first-order chi connectivity index (χ1) is 5.83. The molecule has 1 heterocycles. The Morgan fingerprint density at radius 1 is 1.33 bits per heavy atom. The maximum Gasteiger partial charge on any atom is 0.0288 e. The standard InChI is InChI=1S/C10H10BrP/c1-2-7-3-4-9-8(10(7)11)5-6-12-9/h3-6,12H,2H2,1H3. The Morgan fingerprint density at radius 2 is 2.17 bits per heavy atom. The summed E-state index contributed by atoms with van der Waals surface area (Å²) >= 11 is 3.65. The Hall–Kier alpha value is -0.260. The van der Waals surface area contributed by atoms with Crippen LogP contribution in [0.3, 0.4) is 0 Å². The molecule has 2 aromatic rings. The molecule has 0 spiro atoms.